The van der Waals surface area contributed by atoms with Crippen LogP contribution in [0.5, 0.6) is 0 Å². The van der Waals surface area contributed by atoms with Gasteiger partial charge in [-0.1, -0.05) is 24.3 Å². The van der Waals surface area contributed by atoms with Crippen molar-refractivity contribution in [1.29, 1.82) is 0 Å². The largest absolute Gasteiger partial charge is 0.416 e. The summed E-state index contributed by atoms with van der Waals surface area (Å²) in [5.41, 5.74) is -0.258. The van der Waals surface area contributed by atoms with Gasteiger partial charge in [-0.3, -0.25) is 9.59 Å². The molecule has 0 saturated carbocycles. The summed E-state index contributed by atoms with van der Waals surface area (Å²) in [4.78, 5) is 24.4. The summed E-state index contributed by atoms with van der Waals surface area (Å²) in [5.74, 6) is -1.93. The lowest BCUT2D eigenvalue weighted by molar-refractivity contribution is -0.138. The second kappa shape index (κ2) is 8.77. The summed E-state index contributed by atoms with van der Waals surface area (Å²) in [6.45, 7) is -0.416. The van der Waals surface area contributed by atoms with Gasteiger partial charge in [0.05, 0.1) is 5.56 Å². The first-order chi connectivity index (χ1) is 14.2. The number of anilines is 1. The molecule has 0 unspecified atom stereocenters. The standard InChI is InChI=1S/C22H16F4N2O2/c23-17-9-6-16(19(12-17)22(24,25)26)13-27-20(29)15-7-10-18(11-8-15)28-21(30)14-4-2-1-3-5-14/h1-12H,13H2,(H,27,29)(H,28,30). The average molecular weight is 416 g/mol. The third kappa shape index (κ3) is 5.22. The van der Waals surface area contributed by atoms with E-state index in [0.717, 1.165) is 12.1 Å². The van der Waals surface area contributed by atoms with Crippen molar-refractivity contribution in [2.75, 3.05) is 5.32 Å². The van der Waals surface area contributed by atoms with E-state index in [1.807, 2.05) is 0 Å². The molecule has 0 bridgehead atoms. The number of hydrogen-bond acceptors (Lipinski definition) is 2. The number of benzene rings is 3. The Bertz CT molecular complexity index is 1050. The van der Waals surface area contributed by atoms with Crippen LogP contribution in [0.25, 0.3) is 0 Å². The third-order valence-corrected chi connectivity index (χ3v) is 4.26. The normalized spacial score (nSPS) is 11.1. The quantitative estimate of drug-likeness (QED) is 0.574. The number of nitrogens with one attached hydrogen (secondary N) is 2. The van der Waals surface area contributed by atoms with Crippen molar-refractivity contribution in [2.45, 2.75) is 12.7 Å². The molecule has 154 valence electrons. The van der Waals surface area contributed by atoms with Crippen LogP contribution >= 0.6 is 0 Å². The van der Waals surface area contributed by atoms with Crippen molar-refractivity contribution in [3.63, 3.8) is 0 Å². The maximum Gasteiger partial charge on any atom is 0.416 e. The van der Waals surface area contributed by atoms with Crippen LogP contribution in [0, 0.1) is 5.82 Å². The molecule has 0 radical (unpaired) electrons. The highest BCUT2D eigenvalue weighted by Crippen LogP contribution is 2.32. The van der Waals surface area contributed by atoms with Crippen LogP contribution in [0.4, 0.5) is 23.2 Å². The molecule has 8 heteroatoms. The van der Waals surface area contributed by atoms with Gasteiger partial charge in [-0.2, -0.15) is 13.2 Å². The first-order valence-corrected chi connectivity index (χ1v) is 8.84. The lowest BCUT2D eigenvalue weighted by atomic mass is 10.1. The predicted octanol–water partition coefficient (Wildman–Crippen LogP) is 5.03. The van der Waals surface area contributed by atoms with Gasteiger partial charge in [-0.15, -0.1) is 0 Å². The number of amides is 2. The minimum atomic E-state index is -4.74. The molecule has 0 aliphatic heterocycles. The number of carbonyl (C=O) groups excluding carboxylic acids is 2. The fraction of sp³-hybridized carbons (Fsp3) is 0.0909. The summed E-state index contributed by atoms with van der Waals surface area (Å²) >= 11 is 0. The zero-order valence-corrected chi connectivity index (χ0v) is 15.5. The van der Waals surface area contributed by atoms with E-state index in [9.17, 15) is 27.2 Å². The van der Waals surface area contributed by atoms with E-state index in [4.69, 9.17) is 0 Å². The fourth-order valence-corrected chi connectivity index (χ4v) is 2.74. The molecule has 3 aromatic carbocycles. The van der Waals surface area contributed by atoms with E-state index >= 15 is 0 Å². The SMILES string of the molecule is O=C(NCc1ccc(F)cc1C(F)(F)F)c1ccc(NC(=O)c2ccccc2)cc1. The Labute approximate surface area is 169 Å². The van der Waals surface area contributed by atoms with Gasteiger partial charge >= 0.3 is 6.18 Å². The second-order valence-corrected chi connectivity index (χ2v) is 6.38. The van der Waals surface area contributed by atoms with Crippen LogP contribution < -0.4 is 10.6 Å². The van der Waals surface area contributed by atoms with Gasteiger partial charge in [0.2, 0.25) is 0 Å². The molecule has 30 heavy (non-hydrogen) atoms. The Morgan fingerprint density at radius 2 is 1.43 bits per heavy atom. The maximum atomic E-state index is 13.2. The molecule has 0 saturated heterocycles. The van der Waals surface area contributed by atoms with Crippen LogP contribution in [0.2, 0.25) is 0 Å². The van der Waals surface area contributed by atoms with E-state index in [1.165, 1.54) is 24.3 Å². The van der Waals surface area contributed by atoms with Crippen molar-refractivity contribution >= 4 is 17.5 Å². The fourth-order valence-electron chi connectivity index (χ4n) is 2.74. The molecule has 3 aromatic rings. The van der Waals surface area contributed by atoms with Crippen molar-refractivity contribution in [2.24, 2.45) is 0 Å². The lowest BCUT2D eigenvalue weighted by Gasteiger charge is -2.14. The minimum absolute atomic E-state index is 0.198. The van der Waals surface area contributed by atoms with Gasteiger partial charge < -0.3 is 10.6 Å². The van der Waals surface area contributed by atoms with E-state index in [2.05, 4.69) is 10.6 Å². The third-order valence-electron chi connectivity index (χ3n) is 4.26. The molecule has 0 aliphatic rings. The Morgan fingerprint density at radius 3 is 2.07 bits per heavy atom. The van der Waals surface area contributed by atoms with E-state index < -0.39 is 30.0 Å². The van der Waals surface area contributed by atoms with E-state index in [1.54, 1.807) is 30.3 Å². The van der Waals surface area contributed by atoms with Crippen molar-refractivity contribution in [1.82, 2.24) is 5.32 Å². The molecule has 4 nitrogen and oxygen atoms in total. The molecule has 0 aromatic heterocycles. The first kappa shape index (κ1) is 21.0. The number of alkyl halides is 3. The van der Waals surface area contributed by atoms with Crippen LogP contribution in [-0.2, 0) is 12.7 Å². The first-order valence-electron chi connectivity index (χ1n) is 8.84. The Morgan fingerprint density at radius 1 is 0.800 bits per heavy atom. The van der Waals surface area contributed by atoms with Gasteiger partial charge in [-0.25, -0.2) is 4.39 Å². The smallest absolute Gasteiger partial charge is 0.348 e. The predicted molar refractivity (Wildman–Crippen MR) is 103 cm³/mol. The molecule has 0 atom stereocenters. The Balaban J connectivity index is 1.64. The van der Waals surface area contributed by atoms with Crippen LogP contribution in [0.3, 0.4) is 0 Å². The van der Waals surface area contributed by atoms with E-state index in [0.29, 0.717) is 17.3 Å². The zero-order valence-electron chi connectivity index (χ0n) is 15.5. The number of rotatable bonds is 5. The molecular formula is C22H16F4N2O2. The number of carbonyl (C=O) groups is 2. The maximum absolute atomic E-state index is 13.2. The van der Waals surface area contributed by atoms with Crippen molar-refractivity contribution in [3.8, 4) is 0 Å². The molecule has 0 heterocycles. The number of halogens is 4. The Hall–Kier alpha value is -3.68. The zero-order chi connectivity index (χ0) is 21.7. The van der Waals surface area contributed by atoms with Gasteiger partial charge in [0.25, 0.3) is 11.8 Å². The summed E-state index contributed by atoms with van der Waals surface area (Å²) in [6, 6.07) is 16.7. The highest BCUT2D eigenvalue weighted by Gasteiger charge is 2.33. The molecule has 3 rings (SSSR count). The van der Waals surface area contributed by atoms with Crippen LogP contribution in [0.15, 0.2) is 72.8 Å². The molecule has 2 N–H and O–H groups in total. The second-order valence-electron chi connectivity index (χ2n) is 6.38. The molecular weight excluding hydrogens is 400 g/mol. The molecule has 2 amide bonds. The van der Waals surface area contributed by atoms with Crippen LogP contribution in [0.1, 0.15) is 31.8 Å². The highest BCUT2D eigenvalue weighted by molar-refractivity contribution is 6.04. The molecule has 0 fully saturated rings. The van der Waals surface area contributed by atoms with Gasteiger partial charge in [0.1, 0.15) is 5.82 Å². The monoisotopic (exact) mass is 416 g/mol. The van der Waals surface area contributed by atoms with Crippen molar-refractivity contribution in [3.05, 3.63) is 101 Å². The molecule has 0 spiro atoms. The average Bonchev–Trinajstić information content (AvgIpc) is 2.73. The summed E-state index contributed by atoms with van der Waals surface area (Å²) in [7, 11) is 0. The van der Waals surface area contributed by atoms with E-state index in [-0.39, 0.29) is 17.0 Å². The topological polar surface area (TPSA) is 58.2 Å². The summed E-state index contributed by atoms with van der Waals surface area (Å²) < 4.78 is 52.3. The van der Waals surface area contributed by atoms with Gasteiger partial charge in [0, 0.05) is 23.4 Å². The molecule has 0 aliphatic carbocycles. The lowest BCUT2D eigenvalue weighted by Crippen LogP contribution is -2.24. The minimum Gasteiger partial charge on any atom is -0.348 e. The summed E-state index contributed by atoms with van der Waals surface area (Å²) in [5, 5.41) is 5.06. The van der Waals surface area contributed by atoms with Gasteiger partial charge in [0.15, 0.2) is 0 Å². The van der Waals surface area contributed by atoms with Crippen molar-refractivity contribution < 1.29 is 27.2 Å². The van der Waals surface area contributed by atoms with Gasteiger partial charge in [-0.05, 0) is 54.1 Å². The van der Waals surface area contributed by atoms with Crippen LogP contribution in [-0.4, -0.2) is 11.8 Å². The number of hydrogen-bond donors (Lipinski definition) is 2. The summed E-state index contributed by atoms with van der Waals surface area (Å²) in [6.07, 6.45) is -4.74. The highest BCUT2D eigenvalue weighted by atomic mass is 19.4. The Kier molecular flexibility index (Phi) is 6.15.